The van der Waals surface area contributed by atoms with E-state index < -0.39 is 15.1 Å². The third-order valence-corrected chi connectivity index (χ3v) is 5.59. The first-order valence-corrected chi connectivity index (χ1v) is 8.44. The number of nitrogens with zero attached hydrogens (tertiary/aromatic N) is 1. The first kappa shape index (κ1) is 14.6. The smallest absolute Gasteiger partial charge is 0.156 e. The normalized spacial score (nSPS) is 16.1. The molecule has 0 fully saturated rings. The summed E-state index contributed by atoms with van der Waals surface area (Å²) in [7, 11) is -3.07. The third-order valence-electron chi connectivity index (χ3n) is 2.86. The molecule has 0 aliphatic carbocycles. The number of rotatable bonds is 5. The number of sulfone groups is 1. The van der Waals surface area contributed by atoms with Crippen LogP contribution in [0.1, 0.15) is 36.7 Å². The fourth-order valence-electron chi connectivity index (χ4n) is 1.26. The van der Waals surface area contributed by atoms with Gasteiger partial charge in [-0.1, -0.05) is 13.8 Å². The van der Waals surface area contributed by atoms with Gasteiger partial charge in [-0.15, -0.1) is 11.3 Å². The molecule has 0 aliphatic rings. The highest BCUT2D eigenvalue weighted by Crippen LogP contribution is 2.25. The van der Waals surface area contributed by atoms with Crippen molar-refractivity contribution in [1.29, 1.82) is 0 Å². The van der Waals surface area contributed by atoms with Crippen molar-refractivity contribution in [3.8, 4) is 0 Å². The molecular weight excluding hydrogens is 256 g/mol. The minimum Gasteiger partial charge on any atom is -0.327 e. The Hall–Kier alpha value is -0.460. The first-order valence-electron chi connectivity index (χ1n) is 5.60. The lowest BCUT2D eigenvalue weighted by Crippen LogP contribution is -2.28. The van der Waals surface area contributed by atoms with Crippen molar-refractivity contribution in [3.05, 3.63) is 16.1 Å². The zero-order valence-corrected chi connectivity index (χ0v) is 12.3. The van der Waals surface area contributed by atoms with Crippen molar-refractivity contribution in [2.75, 3.05) is 6.26 Å². The van der Waals surface area contributed by atoms with E-state index in [9.17, 15) is 8.42 Å². The minimum absolute atomic E-state index is 0.0680. The maximum Gasteiger partial charge on any atom is 0.156 e. The largest absolute Gasteiger partial charge is 0.327 e. The van der Waals surface area contributed by atoms with Crippen LogP contribution in [-0.4, -0.2) is 25.7 Å². The summed E-state index contributed by atoms with van der Waals surface area (Å²) in [4.78, 5) is 4.36. The summed E-state index contributed by atoms with van der Waals surface area (Å²) in [5.74, 6) is 0.396. The van der Waals surface area contributed by atoms with Crippen molar-refractivity contribution in [2.45, 2.75) is 38.5 Å². The lowest BCUT2D eigenvalue weighted by molar-refractivity contribution is 0.487. The summed E-state index contributed by atoms with van der Waals surface area (Å²) in [5, 5.41) is 2.02. The van der Waals surface area contributed by atoms with Gasteiger partial charge in [0.2, 0.25) is 0 Å². The summed E-state index contributed by atoms with van der Waals surface area (Å²) >= 11 is 1.39. The van der Waals surface area contributed by atoms with Crippen LogP contribution in [0.3, 0.4) is 0 Å². The van der Waals surface area contributed by atoms with Gasteiger partial charge in [-0.2, -0.15) is 0 Å². The van der Waals surface area contributed by atoms with Gasteiger partial charge in [-0.3, -0.25) is 0 Å². The zero-order valence-electron chi connectivity index (χ0n) is 10.7. The van der Waals surface area contributed by atoms with Gasteiger partial charge in [0, 0.05) is 24.1 Å². The summed E-state index contributed by atoms with van der Waals surface area (Å²) in [6.07, 6.45) is 1.93. The van der Waals surface area contributed by atoms with Crippen LogP contribution in [0.15, 0.2) is 5.38 Å². The van der Waals surface area contributed by atoms with Gasteiger partial charge < -0.3 is 5.73 Å². The highest BCUT2D eigenvalue weighted by Gasteiger charge is 2.21. The minimum atomic E-state index is -3.07. The molecule has 2 atom stereocenters. The molecule has 2 unspecified atom stereocenters. The number of thiazole rings is 1. The molecule has 1 aromatic rings. The maximum atomic E-state index is 11.4. The van der Waals surface area contributed by atoms with Crippen LogP contribution in [0.2, 0.25) is 0 Å². The number of nitrogens with two attached hydrogens (primary N) is 1. The molecule has 1 aromatic heterocycles. The molecule has 4 nitrogen and oxygen atoms in total. The van der Waals surface area contributed by atoms with Crippen molar-refractivity contribution >= 4 is 21.2 Å². The first-order chi connectivity index (χ1) is 7.71. The molecule has 2 N–H and O–H groups in total. The lowest BCUT2D eigenvalue weighted by Gasteiger charge is -2.13. The van der Waals surface area contributed by atoms with Crippen LogP contribution >= 0.6 is 11.3 Å². The Balaban J connectivity index is 2.79. The molecule has 1 rings (SSSR count). The predicted octanol–water partition coefficient (Wildman–Crippen LogP) is 1.77. The monoisotopic (exact) mass is 276 g/mol. The summed E-state index contributed by atoms with van der Waals surface area (Å²) in [5.41, 5.74) is 6.86. The summed E-state index contributed by atoms with van der Waals surface area (Å²) < 4.78 is 22.8. The Labute approximate surface area is 107 Å². The molecule has 1 heterocycles. The second kappa shape index (κ2) is 5.46. The van der Waals surface area contributed by atoms with E-state index in [2.05, 4.69) is 18.8 Å². The van der Waals surface area contributed by atoms with Crippen LogP contribution in [0.25, 0.3) is 0 Å². The quantitative estimate of drug-likeness (QED) is 0.889. The zero-order chi connectivity index (χ0) is 13.2. The Morgan fingerprint density at radius 2 is 2.00 bits per heavy atom. The molecule has 0 bridgehead atoms. The summed E-state index contributed by atoms with van der Waals surface area (Å²) in [6, 6.07) is 0.0680. The Bertz CT molecular complexity index is 466. The molecule has 6 heteroatoms. The highest BCUT2D eigenvalue weighted by atomic mass is 32.2. The molecule has 0 aromatic carbocycles. The average Bonchev–Trinajstić information content (AvgIpc) is 2.63. The molecule has 98 valence electrons. The Kier molecular flexibility index (Phi) is 4.69. The number of hydrogen-bond donors (Lipinski definition) is 1. The molecule has 0 amide bonds. The van der Waals surface area contributed by atoms with Crippen LogP contribution < -0.4 is 5.73 Å². The lowest BCUT2D eigenvalue weighted by atomic mass is 10.0. The fraction of sp³-hybridized carbons (Fsp3) is 0.727. The van der Waals surface area contributed by atoms with Gasteiger partial charge in [0.1, 0.15) is 10.3 Å². The van der Waals surface area contributed by atoms with Gasteiger partial charge in [0.05, 0.1) is 5.69 Å². The predicted molar refractivity (Wildman–Crippen MR) is 71.9 cm³/mol. The molecule has 17 heavy (non-hydrogen) atoms. The van der Waals surface area contributed by atoms with Crippen LogP contribution in [-0.2, 0) is 16.3 Å². The van der Waals surface area contributed by atoms with Crippen molar-refractivity contribution < 1.29 is 8.42 Å². The van der Waals surface area contributed by atoms with E-state index >= 15 is 0 Å². The van der Waals surface area contributed by atoms with Gasteiger partial charge >= 0.3 is 0 Å². The molecule has 0 radical (unpaired) electrons. The van der Waals surface area contributed by atoms with E-state index in [4.69, 9.17) is 5.73 Å². The molecular formula is C11H20N2O2S2. The van der Waals surface area contributed by atoms with E-state index in [0.717, 1.165) is 5.69 Å². The van der Waals surface area contributed by atoms with Crippen molar-refractivity contribution in [1.82, 2.24) is 4.98 Å². The second-order valence-corrected chi connectivity index (χ2v) is 8.02. The standard InChI is InChI=1S/C11H20N2O2S2/c1-7(2)10(12)5-9-6-16-11(13-9)8(3)17(4,14)15/h6-8,10H,5,12H2,1-4H3. The molecule has 0 saturated heterocycles. The van der Waals surface area contributed by atoms with Crippen LogP contribution in [0.4, 0.5) is 0 Å². The SMILES string of the molecule is CC(C)C(N)Cc1csc(C(C)S(C)(=O)=O)n1. The van der Waals surface area contributed by atoms with E-state index in [-0.39, 0.29) is 6.04 Å². The average molecular weight is 276 g/mol. The van der Waals surface area contributed by atoms with Crippen molar-refractivity contribution in [3.63, 3.8) is 0 Å². The molecule has 0 saturated carbocycles. The van der Waals surface area contributed by atoms with Crippen molar-refractivity contribution in [2.24, 2.45) is 11.7 Å². The van der Waals surface area contributed by atoms with E-state index in [0.29, 0.717) is 17.3 Å². The Morgan fingerprint density at radius 3 is 2.47 bits per heavy atom. The maximum absolute atomic E-state index is 11.4. The van der Waals surface area contributed by atoms with Gasteiger partial charge in [0.25, 0.3) is 0 Å². The fourth-order valence-corrected chi connectivity index (χ4v) is 3.14. The van der Waals surface area contributed by atoms with E-state index in [1.165, 1.54) is 17.6 Å². The third kappa shape index (κ3) is 4.04. The van der Waals surface area contributed by atoms with Gasteiger partial charge in [-0.05, 0) is 12.8 Å². The van der Waals surface area contributed by atoms with Crippen LogP contribution in [0, 0.1) is 5.92 Å². The Morgan fingerprint density at radius 1 is 1.41 bits per heavy atom. The van der Waals surface area contributed by atoms with E-state index in [1.54, 1.807) is 6.92 Å². The summed E-state index contributed by atoms with van der Waals surface area (Å²) in [6.45, 7) is 5.80. The number of aromatic nitrogens is 1. The second-order valence-electron chi connectivity index (χ2n) is 4.76. The van der Waals surface area contributed by atoms with Gasteiger partial charge in [-0.25, -0.2) is 13.4 Å². The molecule has 0 aliphatic heterocycles. The highest BCUT2D eigenvalue weighted by molar-refractivity contribution is 7.91. The van der Waals surface area contributed by atoms with E-state index in [1.807, 2.05) is 5.38 Å². The molecule has 0 spiro atoms. The van der Waals surface area contributed by atoms with Crippen LogP contribution in [0.5, 0.6) is 0 Å². The number of hydrogen-bond acceptors (Lipinski definition) is 5. The topological polar surface area (TPSA) is 73.1 Å². The van der Waals surface area contributed by atoms with Gasteiger partial charge in [0.15, 0.2) is 9.84 Å².